The summed E-state index contributed by atoms with van der Waals surface area (Å²) < 4.78 is 0. The van der Waals surface area contributed by atoms with E-state index in [1.807, 2.05) is 13.8 Å². The molecule has 1 aliphatic rings. The van der Waals surface area contributed by atoms with E-state index < -0.39 is 17.8 Å². The number of nitrogens with one attached hydrogen (secondary N) is 1. The van der Waals surface area contributed by atoms with Gasteiger partial charge in [-0.3, -0.25) is 9.59 Å². The van der Waals surface area contributed by atoms with Crippen LogP contribution < -0.4 is 5.32 Å². The van der Waals surface area contributed by atoms with Gasteiger partial charge in [-0.05, 0) is 13.8 Å². The number of hydrogen-bond acceptors (Lipinski definition) is 5. The van der Waals surface area contributed by atoms with Crippen molar-refractivity contribution in [2.45, 2.75) is 26.3 Å². The Kier molecular flexibility index (Phi) is 4.15. The predicted molar refractivity (Wildman–Crippen MR) is 72.6 cm³/mol. The number of aromatic carboxylic acids is 1. The van der Waals surface area contributed by atoms with Crippen LogP contribution in [0.1, 0.15) is 30.8 Å². The number of carbonyl (C=O) groups is 3. The van der Waals surface area contributed by atoms with Crippen LogP contribution in [0, 0.1) is 5.92 Å². The van der Waals surface area contributed by atoms with Crippen LogP contribution in [0.25, 0.3) is 0 Å². The van der Waals surface area contributed by atoms with Crippen molar-refractivity contribution in [1.29, 1.82) is 0 Å². The molecule has 2 amide bonds. The molecular formula is C13H16N4O4. The summed E-state index contributed by atoms with van der Waals surface area (Å²) in [7, 11) is 0. The van der Waals surface area contributed by atoms with E-state index in [2.05, 4.69) is 15.3 Å². The number of carboxylic acids is 1. The number of carbonyl (C=O) groups excluding carboxylic acids is 2. The topological polar surface area (TPSA) is 112 Å². The van der Waals surface area contributed by atoms with Gasteiger partial charge in [-0.15, -0.1) is 0 Å². The highest BCUT2D eigenvalue weighted by atomic mass is 16.4. The molecule has 8 nitrogen and oxygen atoms in total. The lowest BCUT2D eigenvalue weighted by Gasteiger charge is -2.20. The van der Waals surface area contributed by atoms with Crippen molar-refractivity contribution in [3.63, 3.8) is 0 Å². The fourth-order valence-corrected chi connectivity index (χ4v) is 2.21. The lowest BCUT2D eigenvalue weighted by Crippen LogP contribution is -2.33. The van der Waals surface area contributed by atoms with Crippen molar-refractivity contribution in [1.82, 2.24) is 14.9 Å². The van der Waals surface area contributed by atoms with Gasteiger partial charge in [-0.25, -0.2) is 14.8 Å². The van der Waals surface area contributed by atoms with Crippen molar-refractivity contribution < 1.29 is 19.5 Å². The Morgan fingerprint density at radius 3 is 2.62 bits per heavy atom. The molecule has 0 saturated carbocycles. The van der Waals surface area contributed by atoms with Gasteiger partial charge in [0.2, 0.25) is 11.8 Å². The van der Waals surface area contributed by atoms with E-state index in [4.69, 9.17) is 5.11 Å². The molecule has 2 heterocycles. The minimum Gasteiger partial charge on any atom is -0.476 e. The Balaban J connectivity index is 2.10. The predicted octanol–water partition coefficient (Wildman–Crippen LogP) is 0.370. The van der Waals surface area contributed by atoms with Gasteiger partial charge in [0, 0.05) is 31.4 Å². The van der Waals surface area contributed by atoms with Crippen LogP contribution in [0.4, 0.5) is 5.82 Å². The first-order valence-corrected chi connectivity index (χ1v) is 6.54. The number of aromatic nitrogens is 2. The van der Waals surface area contributed by atoms with Gasteiger partial charge < -0.3 is 15.3 Å². The zero-order chi connectivity index (χ0) is 15.6. The largest absolute Gasteiger partial charge is 0.476 e. The summed E-state index contributed by atoms with van der Waals surface area (Å²) in [5.41, 5.74) is -0.323. The number of carboxylic acid groups (broad SMARTS) is 1. The maximum absolute atomic E-state index is 12.2. The zero-order valence-electron chi connectivity index (χ0n) is 11.7. The first-order valence-electron chi connectivity index (χ1n) is 6.54. The van der Waals surface area contributed by atoms with Gasteiger partial charge in [0.25, 0.3) is 0 Å². The summed E-state index contributed by atoms with van der Waals surface area (Å²) >= 11 is 0. The van der Waals surface area contributed by atoms with Crippen molar-refractivity contribution in [2.24, 2.45) is 5.92 Å². The summed E-state index contributed by atoms with van der Waals surface area (Å²) in [6.45, 7) is 4.08. The Labute approximate surface area is 121 Å². The Hall–Kier alpha value is -2.51. The number of amides is 2. The minimum absolute atomic E-state index is 0.0291. The molecule has 2 N–H and O–H groups in total. The maximum Gasteiger partial charge on any atom is 0.358 e. The van der Waals surface area contributed by atoms with Gasteiger partial charge in [0.1, 0.15) is 0 Å². The fraction of sp³-hybridized carbons (Fsp3) is 0.462. The highest BCUT2D eigenvalue weighted by Crippen LogP contribution is 2.21. The van der Waals surface area contributed by atoms with Crippen molar-refractivity contribution in [2.75, 3.05) is 11.9 Å². The minimum atomic E-state index is -1.27. The van der Waals surface area contributed by atoms with Crippen LogP contribution in [0.2, 0.25) is 0 Å². The molecule has 0 bridgehead atoms. The van der Waals surface area contributed by atoms with Crippen molar-refractivity contribution >= 4 is 23.6 Å². The SMILES string of the molecule is CC(C)N1CC(C(=O)Nc2nccnc2C(=O)O)CC1=O. The third-order valence-corrected chi connectivity index (χ3v) is 3.30. The van der Waals surface area contributed by atoms with Crippen LogP contribution in [-0.2, 0) is 9.59 Å². The number of hydrogen-bond donors (Lipinski definition) is 2. The Morgan fingerprint density at radius 1 is 1.38 bits per heavy atom. The molecule has 1 unspecified atom stereocenters. The van der Waals surface area contributed by atoms with E-state index in [9.17, 15) is 14.4 Å². The standard InChI is InChI=1S/C13H16N4O4/c1-7(2)17-6-8(5-9(17)18)12(19)16-11-10(13(20)21)14-3-4-15-11/h3-4,7-8H,5-6H2,1-2H3,(H,20,21)(H,15,16,19). The molecule has 1 aromatic rings. The van der Waals surface area contributed by atoms with Crippen LogP contribution >= 0.6 is 0 Å². The second-order valence-corrected chi connectivity index (χ2v) is 5.09. The van der Waals surface area contributed by atoms with Crippen molar-refractivity contribution in [3.8, 4) is 0 Å². The average molecular weight is 292 g/mol. The van der Waals surface area contributed by atoms with Crippen molar-refractivity contribution in [3.05, 3.63) is 18.1 Å². The first-order chi connectivity index (χ1) is 9.90. The van der Waals surface area contributed by atoms with E-state index >= 15 is 0 Å². The molecule has 1 aliphatic heterocycles. The molecular weight excluding hydrogens is 276 g/mol. The Morgan fingerprint density at radius 2 is 2.05 bits per heavy atom. The van der Waals surface area contributed by atoms with E-state index in [1.54, 1.807) is 4.90 Å². The molecule has 2 rings (SSSR count). The van der Waals surface area contributed by atoms with E-state index in [-0.39, 0.29) is 29.9 Å². The molecule has 21 heavy (non-hydrogen) atoms. The van der Waals surface area contributed by atoms with Crippen LogP contribution in [0.3, 0.4) is 0 Å². The molecule has 1 atom stereocenters. The monoisotopic (exact) mass is 292 g/mol. The molecule has 1 fully saturated rings. The summed E-state index contributed by atoms with van der Waals surface area (Å²) in [6.07, 6.45) is 2.65. The molecule has 8 heteroatoms. The summed E-state index contributed by atoms with van der Waals surface area (Å²) in [5.74, 6) is -2.39. The number of nitrogens with zero attached hydrogens (tertiary/aromatic N) is 3. The second kappa shape index (κ2) is 5.86. The highest BCUT2D eigenvalue weighted by Gasteiger charge is 2.36. The summed E-state index contributed by atoms with van der Waals surface area (Å²) in [4.78, 5) is 44.0. The summed E-state index contributed by atoms with van der Waals surface area (Å²) in [5, 5.41) is 11.4. The molecule has 0 aliphatic carbocycles. The average Bonchev–Trinajstić information content (AvgIpc) is 2.81. The van der Waals surface area contributed by atoms with Crippen LogP contribution in [0.5, 0.6) is 0 Å². The lowest BCUT2D eigenvalue weighted by atomic mass is 10.1. The van der Waals surface area contributed by atoms with E-state index in [1.165, 1.54) is 12.4 Å². The second-order valence-electron chi connectivity index (χ2n) is 5.09. The van der Waals surface area contributed by atoms with E-state index in [0.717, 1.165) is 0 Å². The molecule has 0 aromatic carbocycles. The van der Waals surface area contributed by atoms with Gasteiger partial charge in [-0.2, -0.15) is 0 Å². The molecule has 0 radical (unpaired) electrons. The molecule has 112 valence electrons. The van der Waals surface area contributed by atoms with Crippen LogP contribution in [-0.4, -0.2) is 50.3 Å². The fourth-order valence-electron chi connectivity index (χ4n) is 2.21. The van der Waals surface area contributed by atoms with Gasteiger partial charge in [-0.1, -0.05) is 0 Å². The van der Waals surface area contributed by atoms with Gasteiger partial charge >= 0.3 is 5.97 Å². The van der Waals surface area contributed by atoms with Gasteiger partial charge in [0.15, 0.2) is 11.5 Å². The smallest absolute Gasteiger partial charge is 0.358 e. The molecule has 0 spiro atoms. The maximum atomic E-state index is 12.2. The third-order valence-electron chi connectivity index (χ3n) is 3.30. The third kappa shape index (κ3) is 3.15. The molecule has 1 aromatic heterocycles. The number of likely N-dealkylation sites (tertiary alicyclic amines) is 1. The van der Waals surface area contributed by atoms with E-state index in [0.29, 0.717) is 6.54 Å². The highest BCUT2D eigenvalue weighted by molar-refractivity contribution is 6.00. The number of anilines is 1. The molecule has 1 saturated heterocycles. The number of rotatable bonds is 4. The normalized spacial score (nSPS) is 18.1. The quantitative estimate of drug-likeness (QED) is 0.829. The summed E-state index contributed by atoms with van der Waals surface area (Å²) in [6, 6.07) is 0.0291. The van der Waals surface area contributed by atoms with Gasteiger partial charge in [0.05, 0.1) is 5.92 Å². The Bertz CT molecular complexity index is 587. The van der Waals surface area contributed by atoms with Crippen LogP contribution in [0.15, 0.2) is 12.4 Å². The first kappa shape index (κ1) is 14.9. The lowest BCUT2D eigenvalue weighted by molar-refractivity contribution is -0.129. The zero-order valence-corrected chi connectivity index (χ0v) is 11.7.